The van der Waals surface area contributed by atoms with Crippen molar-refractivity contribution in [3.05, 3.63) is 24.3 Å². The van der Waals surface area contributed by atoms with Gasteiger partial charge < -0.3 is 19.9 Å². The summed E-state index contributed by atoms with van der Waals surface area (Å²) < 4.78 is 10.8. The fraction of sp³-hybridized carbons (Fsp3) is 0.500. The number of hydrogen-bond donors (Lipinski definition) is 2. The van der Waals surface area contributed by atoms with Gasteiger partial charge in [-0.3, -0.25) is 4.79 Å². The number of aliphatic carboxylic acids is 1. The SMILES string of the molecule is CNC(C)(CCCOc1ccccc1OC)C(=O)O. The average molecular weight is 267 g/mol. The van der Waals surface area contributed by atoms with Gasteiger partial charge in [0.25, 0.3) is 0 Å². The molecule has 1 unspecified atom stereocenters. The maximum absolute atomic E-state index is 11.1. The maximum atomic E-state index is 11.1. The molecule has 0 saturated heterocycles. The highest BCUT2D eigenvalue weighted by Gasteiger charge is 2.30. The van der Waals surface area contributed by atoms with Crippen LogP contribution in [0.2, 0.25) is 0 Å². The van der Waals surface area contributed by atoms with Gasteiger partial charge in [-0.15, -0.1) is 0 Å². The molecule has 0 aliphatic heterocycles. The second-order valence-electron chi connectivity index (χ2n) is 4.49. The molecule has 5 nitrogen and oxygen atoms in total. The molecule has 0 heterocycles. The molecule has 106 valence electrons. The molecule has 0 aromatic heterocycles. The molecule has 0 fully saturated rings. The Labute approximate surface area is 113 Å². The molecule has 1 rings (SSSR count). The molecule has 1 aromatic carbocycles. The van der Waals surface area contributed by atoms with Crippen molar-refractivity contribution in [2.45, 2.75) is 25.3 Å². The molecule has 0 bridgehead atoms. The Bertz CT molecular complexity index is 422. The lowest BCUT2D eigenvalue weighted by molar-refractivity contribution is -0.144. The highest BCUT2D eigenvalue weighted by Crippen LogP contribution is 2.26. The van der Waals surface area contributed by atoms with E-state index in [4.69, 9.17) is 14.6 Å². The minimum atomic E-state index is -0.913. The van der Waals surface area contributed by atoms with E-state index in [0.29, 0.717) is 30.9 Å². The molecule has 0 amide bonds. The summed E-state index contributed by atoms with van der Waals surface area (Å²) in [5, 5.41) is 11.9. The molecule has 19 heavy (non-hydrogen) atoms. The van der Waals surface area contributed by atoms with Crippen molar-refractivity contribution >= 4 is 5.97 Å². The lowest BCUT2D eigenvalue weighted by Crippen LogP contribution is -2.47. The molecule has 1 aromatic rings. The number of ether oxygens (including phenoxy) is 2. The van der Waals surface area contributed by atoms with Crippen molar-refractivity contribution in [1.29, 1.82) is 0 Å². The van der Waals surface area contributed by atoms with Crippen molar-refractivity contribution in [2.75, 3.05) is 20.8 Å². The first-order chi connectivity index (χ1) is 9.03. The third kappa shape index (κ3) is 4.13. The van der Waals surface area contributed by atoms with Crippen LogP contribution in [0.5, 0.6) is 11.5 Å². The maximum Gasteiger partial charge on any atom is 0.323 e. The quantitative estimate of drug-likeness (QED) is 0.704. The highest BCUT2D eigenvalue weighted by molar-refractivity contribution is 5.78. The predicted octanol–water partition coefficient (Wildman–Crippen LogP) is 1.92. The van der Waals surface area contributed by atoms with Crippen molar-refractivity contribution in [3.63, 3.8) is 0 Å². The van der Waals surface area contributed by atoms with Crippen molar-refractivity contribution in [2.24, 2.45) is 0 Å². The monoisotopic (exact) mass is 267 g/mol. The van der Waals surface area contributed by atoms with Gasteiger partial charge >= 0.3 is 5.97 Å². The second-order valence-corrected chi connectivity index (χ2v) is 4.49. The molecule has 0 aliphatic carbocycles. The van der Waals surface area contributed by atoms with E-state index in [2.05, 4.69) is 5.32 Å². The Kier molecular flexibility index (Phi) is 5.63. The smallest absolute Gasteiger partial charge is 0.323 e. The molecule has 1 atom stereocenters. The van der Waals surface area contributed by atoms with Crippen LogP contribution in [0.15, 0.2) is 24.3 Å². The number of methoxy groups -OCH3 is 1. The number of para-hydroxylation sites is 2. The van der Waals surface area contributed by atoms with E-state index >= 15 is 0 Å². The Morgan fingerprint density at radius 1 is 1.37 bits per heavy atom. The Hall–Kier alpha value is -1.75. The molecule has 0 saturated carbocycles. The van der Waals surface area contributed by atoms with Crippen LogP contribution in [0.3, 0.4) is 0 Å². The Morgan fingerprint density at radius 2 is 2.00 bits per heavy atom. The zero-order valence-corrected chi connectivity index (χ0v) is 11.6. The molecule has 0 aliphatic rings. The van der Waals surface area contributed by atoms with E-state index in [1.54, 1.807) is 21.1 Å². The summed E-state index contributed by atoms with van der Waals surface area (Å²) in [6, 6.07) is 7.39. The number of carbonyl (C=O) groups is 1. The van der Waals surface area contributed by atoms with Crippen LogP contribution in [-0.4, -0.2) is 37.4 Å². The normalized spacial score (nSPS) is 13.6. The minimum Gasteiger partial charge on any atom is -0.493 e. The molecule has 5 heteroatoms. The van der Waals surface area contributed by atoms with E-state index in [1.807, 2.05) is 24.3 Å². The number of carboxylic acid groups (broad SMARTS) is 1. The van der Waals surface area contributed by atoms with Gasteiger partial charge in [0.05, 0.1) is 13.7 Å². The summed E-state index contributed by atoms with van der Waals surface area (Å²) in [5.41, 5.74) is -0.913. The molecule has 0 radical (unpaired) electrons. The van der Waals surface area contributed by atoms with Gasteiger partial charge in [-0.2, -0.15) is 0 Å². The van der Waals surface area contributed by atoms with Gasteiger partial charge in [0.1, 0.15) is 5.54 Å². The van der Waals surface area contributed by atoms with Crippen molar-refractivity contribution < 1.29 is 19.4 Å². The van der Waals surface area contributed by atoms with Gasteiger partial charge in [-0.1, -0.05) is 12.1 Å². The van der Waals surface area contributed by atoms with E-state index < -0.39 is 11.5 Å². The summed E-state index contributed by atoms with van der Waals surface area (Å²) in [6.45, 7) is 2.11. The lowest BCUT2D eigenvalue weighted by atomic mass is 9.96. The fourth-order valence-corrected chi connectivity index (χ4v) is 1.68. The molecule has 0 spiro atoms. The molecule has 2 N–H and O–H groups in total. The molecular formula is C14H21NO4. The minimum absolute atomic E-state index is 0.449. The third-order valence-corrected chi connectivity index (χ3v) is 3.17. The van der Waals surface area contributed by atoms with E-state index in [9.17, 15) is 4.79 Å². The molecular weight excluding hydrogens is 246 g/mol. The largest absolute Gasteiger partial charge is 0.493 e. The first-order valence-electron chi connectivity index (χ1n) is 6.21. The van der Waals surface area contributed by atoms with E-state index in [0.717, 1.165) is 0 Å². The van der Waals surface area contributed by atoms with Crippen molar-refractivity contribution in [3.8, 4) is 11.5 Å². The zero-order chi connectivity index (χ0) is 14.3. The van der Waals surface area contributed by atoms with Crippen LogP contribution in [0.4, 0.5) is 0 Å². The van der Waals surface area contributed by atoms with Crippen LogP contribution in [0, 0.1) is 0 Å². The van der Waals surface area contributed by atoms with Gasteiger partial charge in [0, 0.05) is 0 Å². The summed E-state index contributed by atoms with van der Waals surface area (Å²) in [5.74, 6) is 0.496. The van der Waals surface area contributed by atoms with Gasteiger partial charge in [0.2, 0.25) is 0 Å². The fourth-order valence-electron chi connectivity index (χ4n) is 1.68. The number of benzene rings is 1. The first kappa shape index (κ1) is 15.3. The second kappa shape index (κ2) is 6.99. The zero-order valence-electron chi connectivity index (χ0n) is 11.6. The summed E-state index contributed by atoms with van der Waals surface area (Å²) in [7, 11) is 3.24. The Morgan fingerprint density at radius 3 is 2.53 bits per heavy atom. The average Bonchev–Trinajstić information content (AvgIpc) is 2.43. The Balaban J connectivity index is 2.45. The van der Waals surface area contributed by atoms with Crippen LogP contribution in [0.1, 0.15) is 19.8 Å². The predicted molar refractivity (Wildman–Crippen MR) is 72.8 cm³/mol. The van der Waals surface area contributed by atoms with Crippen LogP contribution >= 0.6 is 0 Å². The first-order valence-corrected chi connectivity index (χ1v) is 6.21. The lowest BCUT2D eigenvalue weighted by Gasteiger charge is -2.24. The van der Waals surface area contributed by atoms with Crippen LogP contribution in [0.25, 0.3) is 0 Å². The number of carboxylic acids is 1. The summed E-state index contributed by atoms with van der Waals surface area (Å²) >= 11 is 0. The van der Waals surface area contributed by atoms with Gasteiger partial charge in [-0.25, -0.2) is 0 Å². The number of likely N-dealkylation sites (N-methyl/N-ethyl adjacent to an activating group) is 1. The topological polar surface area (TPSA) is 67.8 Å². The van der Waals surface area contributed by atoms with E-state index in [1.165, 1.54) is 0 Å². The number of hydrogen-bond acceptors (Lipinski definition) is 4. The summed E-state index contributed by atoms with van der Waals surface area (Å²) in [4.78, 5) is 11.1. The third-order valence-electron chi connectivity index (χ3n) is 3.17. The standard InChI is InChI=1S/C14H21NO4/c1-14(15-2,13(16)17)9-6-10-19-12-8-5-4-7-11(12)18-3/h4-5,7-8,15H,6,9-10H2,1-3H3,(H,16,17). The van der Waals surface area contributed by atoms with Crippen LogP contribution in [-0.2, 0) is 4.79 Å². The van der Waals surface area contributed by atoms with Crippen LogP contribution < -0.4 is 14.8 Å². The van der Waals surface area contributed by atoms with Crippen molar-refractivity contribution in [1.82, 2.24) is 5.32 Å². The van der Waals surface area contributed by atoms with Gasteiger partial charge in [-0.05, 0) is 38.9 Å². The highest BCUT2D eigenvalue weighted by atomic mass is 16.5. The summed E-state index contributed by atoms with van der Waals surface area (Å²) in [6.07, 6.45) is 1.13. The number of nitrogens with one attached hydrogen (secondary N) is 1. The number of rotatable bonds is 8. The van der Waals surface area contributed by atoms with E-state index in [-0.39, 0.29) is 0 Å². The van der Waals surface area contributed by atoms with Gasteiger partial charge in [0.15, 0.2) is 11.5 Å².